The molecule has 2 amide bonds. The van der Waals surface area contributed by atoms with Crippen LogP contribution in [0.15, 0.2) is 48.5 Å². The van der Waals surface area contributed by atoms with Crippen molar-refractivity contribution in [2.75, 3.05) is 23.7 Å². The molecule has 0 heterocycles. The third-order valence-corrected chi connectivity index (χ3v) is 6.48. The first-order chi connectivity index (χ1) is 15.4. The molecule has 7 nitrogen and oxygen atoms in total. The van der Waals surface area contributed by atoms with Gasteiger partial charge in [-0.3, -0.25) is 13.9 Å². The van der Waals surface area contributed by atoms with E-state index in [4.69, 9.17) is 11.6 Å². The summed E-state index contributed by atoms with van der Waals surface area (Å²) < 4.78 is 26.1. The first-order valence-corrected chi connectivity index (χ1v) is 13.0. The van der Waals surface area contributed by atoms with E-state index >= 15 is 0 Å². The Hall–Kier alpha value is -2.58. The van der Waals surface area contributed by atoms with E-state index in [1.54, 1.807) is 49.4 Å². The normalized spacial score (nSPS) is 12.3. The highest BCUT2D eigenvalue weighted by molar-refractivity contribution is 7.92. The molecule has 180 valence electrons. The molecule has 1 N–H and O–H groups in total. The minimum atomic E-state index is -3.74. The van der Waals surface area contributed by atoms with Crippen LogP contribution in [0, 0.1) is 12.8 Å². The van der Waals surface area contributed by atoms with Crippen molar-refractivity contribution in [3.8, 4) is 0 Å². The van der Waals surface area contributed by atoms with Gasteiger partial charge < -0.3 is 10.2 Å². The summed E-state index contributed by atoms with van der Waals surface area (Å²) in [4.78, 5) is 27.6. The van der Waals surface area contributed by atoms with Gasteiger partial charge in [0.2, 0.25) is 21.8 Å². The van der Waals surface area contributed by atoms with Crippen LogP contribution in [0.25, 0.3) is 0 Å². The number of rotatable bonds is 10. The first-order valence-electron chi connectivity index (χ1n) is 10.7. The third kappa shape index (κ3) is 8.05. The summed E-state index contributed by atoms with van der Waals surface area (Å²) in [5, 5.41) is 3.41. The van der Waals surface area contributed by atoms with Gasteiger partial charge in [0.15, 0.2) is 0 Å². The van der Waals surface area contributed by atoms with Crippen LogP contribution >= 0.6 is 11.6 Å². The summed E-state index contributed by atoms with van der Waals surface area (Å²) in [7, 11) is -3.74. The van der Waals surface area contributed by atoms with Gasteiger partial charge in [0, 0.05) is 18.1 Å². The number of anilines is 1. The van der Waals surface area contributed by atoms with Crippen LogP contribution in [0.5, 0.6) is 0 Å². The highest BCUT2D eigenvalue weighted by Gasteiger charge is 2.30. The van der Waals surface area contributed by atoms with Crippen molar-refractivity contribution in [3.05, 3.63) is 64.7 Å². The molecule has 0 aliphatic rings. The zero-order valence-electron chi connectivity index (χ0n) is 19.7. The highest BCUT2D eigenvalue weighted by Crippen LogP contribution is 2.20. The lowest BCUT2D eigenvalue weighted by molar-refractivity contribution is -0.139. The molecular formula is C24H32ClN3O4S. The topological polar surface area (TPSA) is 86.8 Å². The number of amides is 2. The second kappa shape index (κ2) is 11.5. The van der Waals surface area contributed by atoms with E-state index in [-0.39, 0.29) is 18.4 Å². The number of hydrogen-bond acceptors (Lipinski definition) is 4. The molecule has 0 radical (unpaired) electrons. The van der Waals surface area contributed by atoms with Crippen molar-refractivity contribution in [1.82, 2.24) is 10.2 Å². The Bertz CT molecular complexity index is 1070. The van der Waals surface area contributed by atoms with Crippen molar-refractivity contribution >= 4 is 39.1 Å². The fraction of sp³-hybridized carbons (Fsp3) is 0.417. The number of hydrogen-bond donors (Lipinski definition) is 1. The molecule has 0 saturated carbocycles. The number of nitrogens with one attached hydrogen (secondary N) is 1. The maximum Gasteiger partial charge on any atom is 0.244 e. The third-order valence-electron chi connectivity index (χ3n) is 5.09. The van der Waals surface area contributed by atoms with Gasteiger partial charge in [-0.2, -0.15) is 0 Å². The predicted octanol–water partition coefficient (Wildman–Crippen LogP) is 3.60. The van der Waals surface area contributed by atoms with E-state index in [9.17, 15) is 18.0 Å². The predicted molar refractivity (Wildman–Crippen MR) is 133 cm³/mol. The monoisotopic (exact) mass is 493 g/mol. The molecule has 0 fully saturated rings. The van der Waals surface area contributed by atoms with Crippen LogP contribution < -0.4 is 9.62 Å². The molecule has 0 unspecified atom stereocenters. The Morgan fingerprint density at radius 2 is 1.70 bits per heavy atom. The molecule has 2 rings (SSSR count). The molecule has 2 aromatic rings. The zero-order chi connectivity index (χ0) is 24.8. The van der Waals surface area contributed by atoms with Gasteiger partial charge in [-0.15, -0.1) is 0 Å². The molecule has 0 spiro atoms. The molecule has 1 atom stereocenters. The van der Waals surface area contributed by atoms with Crippen LogP contribution in [0.4, 0.5) is 5.69 Å². The van der Waals surface area contributed by atoms with E-state index in [2.05, 4.69) is 5.32 Å². The van der Waals surface area contributed by atoms with Gasteiger partial charge in [-0.1, -0.05) is 49.7 Å². The van der Waals surface area contributed by atoms with Crippen molar-refractivity contribution in [3.63, 3.8) is 0 Å². The van der Waals surface area contributed by atoms with Crippen LogP contribution in [0.1, 0.15) is 31.9 Å². The Morgan fingerprint density at radius 3 is 2.24 bits per heavy atom. The number of carbonyl (C=O) groups is 2. The number of nitrogens with zero attached hydrogens (tertiary/aromatic N) is 2. The van der Waals surface area contributed by atoms with Gasteiger partial charge in [0.05, 0.1) is 11.9 Å². The van der Waals surface area contributed by atoms with Gasteiger partial charge in [-0.25, -0.2) is 8.42 Å². The molecular weight excluding hydrogens is 462 g/mol. The number of carbonyl (C=O) groups excluding carboxylic acids is 2. The Labute approximate surface area is 201 Å². The summed E-state index contributed by atoms with van der Waals surface area (Å²) in [5.74, 6) is -0.528. The number of benzene rings is 2. The van der Waals surface area contributed by atoms with Crippen molar-refractivity contribution in [2.24, 2.45) is 5.92 Å². The number of halogens is 1. The fourth-order valence-electron chi connectivity index (χ4n) is 3.22. The summed E-state index contributed by atoms with van der Waals surface area (Å²) in [6, 6.07) is 13.1. The summed E-state index contributed by atoms with van der Waals surface area (Å²) in [6.45, 7) is 7.64. The van der Waals surface area contributed by atoms with Crippen LogP contribution in [-0.2, 0) is 26.2 Å². The minimum Gasteiger partial charge on any atom is -0.354 e. The van der Waals surface area contributed by atoms with Crippen molar-refractivity contribution in [2.45, 2.75) is 40.3 Å². The largest absolute Gasteiger partial charge is 0.354 e. The summed E-state index contributed by atoms with van der Waals surface area (Å²) >= 11 is 5.98. The van der Waals surface area contributed by atoms with E-state index in [1.165, 1.54) is 4.90 Å². The molecule has 0 saturated heterocycles. The van der Waals surface area contributed by atoms with Crippen molar-refractivity contribution < 1.29 is 18.0 Å². The van der Waals surface area contributed by atoms with E-state index in [1.807, 2.05) is 26.8 Å². The van der Waals surface area contributed by atoms with Gasteiger partial charge in [0.1, 0.15) is 12.6 Å². The molecule has 2 aromatic carbocycles. The van der Waals surface area contributed by atoms with Crippen LogP contribution in [0.3, 0.4) is 0 Å². The molecule has 0 bridgehead atoms. The molecule has 0 aliphatic heterocycles. The molecule has 9 heteroatoms. The second-order valence-corrected chi connectivity index (χ2v) is 10.9. The average Bonchev–Trinajstić information content (AvgIpc) is 2.73. The smallest absolute Gasteiger partial charge is 0.244 e. The highest BCUT2D eigenvalue weighted by atomic mass is 35.5. The molecule has 0 aromatic heterocycles. The SMILES string of the molecule is Cc1cccc(N(CC(=O)N(Cc2ccc(Cl)cc2)[C@@H](C)C(=O)NCC(C)C)S(C)(=O)=O)c1. The maximum atomic E-state index is 13.4. The van der Waals surface area contributed by atoms with E-state index < -0.39 is 28.5 Å². The zero-order valence-corrected chi connectivity index (χ0v) is 21.3. The summed E-state index contributed by atoms with van der Waals surface area (Å²) in [5.41, 5.74) is 2.04. The van der Waals surface area contributed by atoms with E-state index in [0.29, 0.717) is 17.3 Å². The van der Waals surface area contributed by atoms with Crippen LogP contribution in [-0.4, -0.2) is 50.5 Å². The average molecular weight is 494 g/mol. The number of aryl methyl sites for hydroxylation is 1. The lowest BCUT2D eigenvalue weighted by atomic mass is 10.1. The number of sulfonamides is 1. The van der Waals surface area contributed by atoms with Crippen LogP contribution in [0.2, 0.25) is 5.02 Å². The fourth-order valence-corrected chi connectivity index (χ4v) is 4.19. The lowest BCUT2D eigenvalue weighted by Gasteiger charge is -2.31. The summed E-state index contributed by atoms with van der Waals surface area (Å²) in [6.07, 6.45) is 1.06. The van der Waals surface area contributed by atoms with Gasteiger partial charge >= 0.3 is 0 Å². The Morgan fingerprint density at radius 1 is 1.06 bits per heavy atom. The van der Waals surface area contributed by atoms with Gasteiger partial charge in [-0.05, 0) is 55.2 Å². The first kappa shape index (κ1) is 26.7. The molecule has 33 heavy (non-hydrogen) atoms. The lowest BCUT2D eigenvalue weighted by Crippen LogP contribution is -2.51. The quantitative estimate of drug-likeness (QED) is 0.547. The second-order valence-electron chi connectivity index (χ2n) is 8.57. The molecule has 0 aliphatic carbocycles. The Balaban J connectivity index is 2.35. The minimum absolute atomic E-state index is 0.137. The standard InChI is InChI=1S/C24H32ClN3O4S/c1-17(2)14-26-24(30)19(4)27(15-20-9-11-21(25)12-10-20)23(29)16-28(33(5,31)32)22-8-6-7-18(3)13-22/h6-13,17,19H,14-16H2,1-5H3,(H,26,30)/t19-/m0/s1. The maximum absolute atomic E-state index is 13.4. The van der Waals surface area contributed by atoms with Gasteiger partial charge in [0.25, 0.3) is 0 Å². The Kier molecular flexibility index (Phi) is 9.31. The van der Waals surface area contributed by atoms with Crippen molar-refractivity contribution in [1.29, 1.82) is 0 Å². The van der Waals surface area contributed by atoms with E-state index in [0.717, 1.165) is 21.7 Å².